The van der Waals surface area contributed by atoms with Crippen molar-refractivity contribution in [2.45, 2.75) is 119 Å². The smallest absolute Gasteiger partial charge is 0.427 e. The average molecular weight is 860 g/mol. The molecule has 0 radical (unpaired) electrons. The Balaban J connectivity index is 1.37. The lowest BCUT2D eigenvalue weighted by Gasteiger charge is -2.34. The third kappa shape index (κ3) is 8.76. The molecule has 3 heterocycles. The molecule has 1 saturated heterocycles. The topological polar surface area (TPSA) is 192 Å². The first kappa shape index (κ1) is 43.8. The maximum absolute atomic E-state index is 14.7. The second kappa shape index (κ2) is 16.0. The molecule has 7 atom stereocenters. The van der Waals surface area contributed by atoms with Crippen molar-refractivity contribution >= 4 is 44.6 Å². The molecule has 21 heteroatoms. The van der Waals surface area contributed by atoms with Gasteiger partial charge in [-0.3, -0.25) is 19.1 Å². The van der Waals surface area contributed by atoms with Crippen LogP contribution < -0.4 is 24.8 Å². The molecule has 4 amide bonds. The first-order valence-electron chi connectivity index (χ1n) is 19.0. The van der Waals surface area contributed by atoms with Gasteiger partial charge in [0.1, 0.15) is 46.7 Å². The van der Waals surface area contributed by atoms with E-state index < -0.39 is 111 Å². The molecule has 59 heavy (non-hydrogen) atoms. The molecule has 2 saturated carbocycles. The molecule has 0 spiro atoms. The molecule has 1 aromatic heterocycles. The summed E-state index contributed by atoms with van der Waals surface area (Å²) in [5.74, 6) is -4.40. The lowest BCUT2D eigenvalue weighted by Crippen LogP contribution is -2.61. The monoisotopic (exact) mass is 859 g/mol. The number of rotatable bonds is 9. The van der Waals surface area contributed by atoms with Crippen molar-refractivity contribution in [1.29, 1.82) is 0 Å². The van der Waals surface area contributed by atoms with E-state index in [1.165, 1.54) is 20.2 Å². The van der Waals surface area contributed by atoms with Gasteiger partial charge in [0.25, 0.3) is 5.91 Å². The predicted molar refractivity (Wildman–Crippen MR) is 199 cm³/mol. The Morgan fingerprint density at radius 1 is 1.14 bits per heavy atom. The zero-order valence-corrected chi connectivity index (χ0v) is 33.7. The van der Waals surface area contributed by atoms with Crippen LogP contribution in [0.3, 0.4) is 0 Å². The second-order valence-corrected chi connectivity index (χ2v) is 18.1. The molecule has 15 nitrogen and oxygen atoms in total. The van der Waals surface area contributed by atoms with Crippen LogP contribution in [0.2, 0.25) is 0 Å². The number of pyridine rings is 1. The van der Waals surface area contributed by atoms with Crippen molar-refractivity contribution < 1.29 is 68.5 Å². The van der Waals surface area contributed by atoms with Gasteiger partial charge in [0, 0.05) is 30.0 Å². The number of alkyl halides is 4. The largest absolute Gasteiger partial charge is 0.496 e. The molecular weight excluding hydrogens is 814 g/mol. The predicted octanol–water partition coefficient (Wildman–Crippen LogP) is 4.13. The van der Waals surface area contributed by atoms with Gasteiger partial charge >= 0.3 is 12.3 Å². The first-order chi connectivity index (χ1) is 27.6. The third-order valence-electron chi connectivity index (χ3n) is 11.3. The Labute approximate surface area is 336 Å². The fourth-order valence-corrected chi connectivity index (χ4v) is 8.74. The van der Waals surface area contributed by atoms with Gasteiger partial charge in [-0.15, -0.1) is 0 Å². The Bertz CT molecular complexity index is 2130. The highest BCUT2D eigenvalue weighted by Gasteiger charge is 2.64. The number of amides is 4. The maximum atomic E-state index is 14.7. The molecule has 2 aliphatic carbocycles. The van der Waals surface area contributed by atoms with Crippen LogP contribution in [0.25, 0.3) is 10.8 Å². The van der Waals surface area contributed by atoms with E-state index in [1.807, 2.05) is 4.72 Å². The van der Waals surface area contributed by atoms with E-state index in [0.29, 0.717) is 32.1 Å². The van der Waals surface area contributed by atoms with Gasteiger partial charge in [-0.25, -0.2) is 27.0 Å². The number of benzene rings is 1. The number of sulfonamides is 1. The summed E-state index contributed by atoms with van der Waals surface area (Å²) >= 11 is 0. The third-order valence-corrected chi connectivity index (χ3v) is 13.4. The van der Waals surface area contributed by atoms with Crippen LogP contribution in [-0.4, -0.2) is 115 Å². The Morgan fingerprint density at radius 2 is 1.85 bits per heavy atom. The Morgan fingerprint density at radius 3 is 2.49 bits per heavy atom. The summed E-state index contributed by atoms with van der Waals surface area (Å²) in [5, 5.41) is 5.44. The van der Waals surface area contributed by atoms with Crippen LogP contribution >= 0.6 is 0 Å². The normalized spacial score (nSPS) is 29.2. The number of allylic oxidation sites excluding steroid dienone is 1. The quantitative estimate of drug-likeness (QED) is 0.243. The summed E-state index contributed by atoms with van der Waals surface area (Å²) in [7, 11) is -3.17. The fourth-order valence-electron chi connectivity index (χ4n) is 7.32. The van der Waals surface area contributed by atoms with E-state index in [4.69, 9.17) is 18.9 Å². The van der Waals surface area contributed by atoms with E-state index in [0.717, 1.165) is 17.0 Å². The fraction of sp³-hybridized carbons (Fsp3) is 0.605. The highest BCUT2D eigenvalue weighted by molar-refractivity contribution is 7.91. The van der Waals surface area contributed by atoms with Crippen LogP contribution in [0.1, 0.15) is 66.2 Å². The van der Waals surface area contributed by atoms with Gasteiger partial charge in [-0.05, 0) is 71.9 Å². The SMILES string of the molecule is COc1cc(F)cc2c(O[C@@H]3C[C@H]4C(=O)N[C@]5(C(=O)NS(=O)(=O)C6(CF)CC6)CC5/C=C\CC[C@@H](C)O[C@@H](C)[C@H](NC(=O)OC(C)(C)C(F)(F)F)C(=O)N4C3)nccc12. The van der Waals surface area contributed by atoms with Crippen molar-refractivity contribution in [3.05, 3.63) is 42.4 Å². The number of hydrogen-bond acceptors (Lipinski definition) is 11. The van der Waals surface area contributed by atoms with Crippen molar-refractivity contribution in [1.82, 2.24) is 25.2 Å². The van der Waals surface area contributed by atoms with Gasteiger partial charge in [0.15, 0.2) is 0 Å². The molecule has 1 aromatic carbocycles. The number of nitrogens with zero attached hydrogens (tertiary/aromatic N) is 2. The second-order valence-electron chi connectivity index (χ2n) is 16.0. The lowest BCUT2D eigenvalue weighted by molar-refractivity contribution is -0.244. The molecule has 2 aromatic rings. The van der Waals surface area contributed by atoms with E-state index >= 15 is 0 Å². The number of hydrogen-bond donors (Lipinski definition) is 3. The van der Waals surface area contributed by atoms with Crippen LogP contribution in [0, 0.1) is 11.7 Å². The molecule has 0 bridgehead atoms. The summed E-state index contributed by atoms with van der Waals surface area (Å²) in [5.41, 5.74) is -4.81. The number of carbonyl (C=O) groups is 4. The molecule has 4 aliphatic rings. The lowest BCUT2D eigenvalue weighted by atomic mass is 10.1. The molecule has 1 unspecified atom stereocenters. The summed E-state index contributed by atoms with van der Waals surface area (Å²) in [6.07, 6.45) is -4.49. The molecular formula is C38H46F5N5O10S. The van der Waals surface area contributed by atoms with Crippen LogP contribution in [0.5, 0.6) is 11.6 Å². The van der Waals surface area contributed by atoms with Crippen molar-refractivity contribution in [3.63, 3.8) is 0 Å². The van der Waals surface area contributed by atoms with Crippen LogP contribution in [-0.2, 0) is 33.9 Å². The zero-order valence-electron chi connectivity index (χ0n) is 32.9. The van der Waals surface area contributed by atoms with Crippen LogP contribution in [0.15, 0.2) is 36.5 Å². The first-order valence-corrected chi connectivity index (χ1v) is 20.5. The number of carbonyl (C=O) groups excluding carboxylic acids is 4. The Kier molecular flexibility index (Phi) is 11.9. The molecule has 6 rings (SSSR count). The minimum atomic E-state index is -4.99. The highest BCUT2D eigenvalue weighted by atomic mass is 32.2. The van der Waals surface area contributed by atoms with Gasteiger partial charge < -0.3 is 34.5 Å². The van der Waals surface area contributed by atoms with E-state index in [9.17, 15) is 49.5 Å². The zero-order chi connectivity index (χ0) is 43.3. The summed E-state index contributed by atoms with van der Waals surface area (Å²) in [4.78, 5) is 61.2. The van der Waals surface area contributed by atoms with E-state index in [-0.39, 0.29) is 42.7 Å². The summed E-state index contributed by atoms with van der Waals surface area (Å²) in [6, 6.07) is 0.593. The average Bonchev–Trinajstić information content (AvgIpc) is 4.06. The standard InChI is InChI=1S/C38H46F5N5O10S/c1-20-8-6-7-9-22-17-37(22,33(51)47-59(53,54)36(19-39)11-12-36)46-30(49)27-16-24(57-31-26-14-23(40)15-28(55-5)25(26)10-13-44-31)18-48(27)32(50)29(21(2)56-20)45-34(52)58-35(3,4)38(41,42)43/h7,9-10,13-15,20-22,24,27,29H,6,8,11-12,16-19H2,1-5H3,(H,45,52)(H,46,49)(H,47,51)/b9-7-/t20-,21+,22?,24-,27+,29+,37-/m1/s1. The minimum absolute atomic E-state index is 0.00452. The van der Waals surface area contributed by atoms with Gasteiger partial charge in [0.05, 0.1) is 31.2 Å². The molecule has 3 fully saturated rings. The van der Waals surface area contributed by atoms with Gasteiger partial charge in [0.2, 0.25) is 33.3 Å². The van der Waals surface area contributed by atoms with Gasteiger partial charge in [-0.2, -0.15) is 13.2 Å². The van der Waals surface area contributed by atoms with Crippen molar-refractivity contribution in [2.24, 2.45) is 5.92 Å². The van der Waals surface area contributed by atoms with E-state index in [1.54, 1.807) is 25.1 Å². The highest BCUT2D eigenvalue weighted by Crippen LogP contribution is 2.48. The number of methoxy groups -OCH3 is 1. The van der Waals surface area contributed by atoms with Crippen molar-refractivity contribution in [3.8, 4) is 11.6 Å². The van der Waals surface area contributed by atoms with Crippen molar-refractivity contribution in [2.75, 3.05) is 20.3 Å². The minimum Gasteiger partial charge on any atom is -0.496 e. The number of ether oxygens (including phenoxy) is 4. The Hall–Kier alpha value is -4.79. The molecule has 3 N–H and O–H groups in total. The summed E-state index contributed by atoms with van der Waals surface area (Å²) < 4.78 is 118. The molecule has 324 valence electrons. The number of nitrogens with one attached hydrogen (secondary N) is 3. The summed E-state index contributed by atoms with van der Waals surface area (Å²) in [6.45, 7) is 2.69. The number of alkyl carbamates (subject to hydrolysis) is 1. The van der Waals surface area contributed by atoms with Gasteiger partial charge in [-0.1, -0.05) is 12.2 Å². The number of halogens is 5. The molecule has 2 aliphatic heterocycles. The number of fused-ring (bicyclic) bond motifs is 3. The van der Waals surface area contributed by atoms with E-state index in [2.05, 4.69) is 15.6 Å². The number of aromatic nitrogens is 1. The van der Waals surface area contributed by atoms with Crippen LogP contribution in [0.4, 0.5) is 26.7 Å². The maximum Gasteiger partial charge on any atom is 0.427 e.